The van der Waals surface area contributed by atoms with Crippen molar-refractivity contribution < 1.29 is 22.7 Å². The van der Waals surface area contributed by atoms with Crippen molar-refractivity contribution in [3.63, 3.8) is 0 Å². The molecule has 1 aromatic heterocycles. The van der Waals surface area contributed by atoms with E-state index < -0.39 is 51.0 Å². The Hall–Kier alpha value is -2.75. The number of nitrogen functional groups attached to an aromatic ring is 1. The number of fused-ring (bicyclic) bond motifs is 1. The van der Waals surface area contributed by atoms with Gasteiger partial charge in [-0.05, 0) is 6.92 Å². The first-order valence-corrected chi connectivity index (χ1v) is 5.42. The Balaban J connectivity index is 3.10. The summed E-state index contributed by atoms with van der Waals surface area (Å²) in [5.74, 6) is 4.00. The van der Waals surface area contributed by atoms with Gasteiger partial charge in [-0.3, -0.25) is 5.84 Å². The smallest absolute Gasteiger partial charge is 0.349 e. The highest BCUT2D eigenvalue weighted by Crippen LogP contribution is 2.36. The van der Waals surface area contributed by atoms with E-state index in [1.54, 1.807) is 5.43 Å². The molecule has 0 fully saturated rings. The van der Waals surface area contributed by atoms with Crippen LogP contribution in [-0.4, -0.2) is 10.8 Å². The van der Waals surface area contributed by atoms with Gasteiger partial charge in [0.1, 0.15) is 22.4 Å². The van der Waals surface area contributed by atoms with E-state index in [0.29, 0.717) is 0 Å². The van der Waals surface area contributed by atoms with Gasteiger partial charge in [-0.25, -0.2) is 18.0 Å². The lowest BCUT2D eigenvalue weighted by Gasteiger charge is -2.11. The standard InChI is InChI=1S/C11H9F3N4O3/c1-2(17-15)3-9(19)4-5(12)6(13)8(18-16)7(14)10(4)21-11(3)20/h18-19H,15-16H2,1H3/b17-2+. The first-order valence-electron chi connectivity index (χ1n) is 5.42. The summed E-state index contributed by atoms with van der Waals surface area (Å²) >= 11 is 0. The number of hydrazine groups is 1. The van der Waals surface area contributed by atoms with Crippen LogP contribution in [0.5, 0.6) is 5.75 Å². The minimum Gasteiger partial charge on any atom is -0.506 e. The number of hydrogen-bond donors (Lipinski definition) is 4. The molecule has 0 saturated heterocycles. The number of hydrogen-bond acceptors (Lipinski definition) is 7. The number of nitrogens with zero attached hydrogens (tertiary/aromatic N) is 1. The van der Waals surface area contributed by atoms with E-state index in [2.05, 4.69) is 9.52 Å². The zero-order valence-electron chi connectivity index (χ0n) is 10.5. The van der Waals surface area contributed by atoms with Crippen molar-refractivity contribution >= 4 is 22.4 Å². The number of nitrogens with two attached hydrogens (primary N) is 2. The molecule has 1 aromatic carbocycles. The summed E-state index contributed by atoms with van der Waals surface area (Å²) in [4.78, 5) is 11.7. The third kappa shape index (κ3) is 1.96. The zero-order valence-corrected chi connectivity index (χ0v) is 10.5. The maximum absolute atomic E-state index is 13.9. The van der Waals surface area contributed by atoms with Crippen molar-refractivity contribution in [2.75, 3.05) is 5.43 Å². The molecule has 0 spiro atoms. The van der Waals surface area contributed by atoms with Crippen LogP contribution >= 0.6 is 0 Å². The number of halogens is 3. The molecule has 2 rings (SSSR count). The molecule has 2 aromatic rings. The summed E-state index contributed by atoms with van der Waals surface area (Å²) < 4.78 is 46.1. The van der Waals surface area contributed by atoms with E-state index >= 15 is 0 Å². The van der Waals surface area contributed by atoms with Crippen molar-refractivity contribution in [1.82, 2.24) is 0 Å². The molecule has 112 valence electrons. The van der Waals surface area contributed by atoms with Gasteiger partial charge in [-0.15, -0.1) is 0 Å². The van der Waals surface area contributed by atoms with Crippen LogP contribution < -0.4 is 22.7 Å². The highest BCUT2D eigenvalue weighted by molar-refractivity contribution is 6.04. The third-order valence-electron chi connectivity index (χ3n) is 2.85. The SMILES string of the molecule is C/C(=N\N)c1c(O)c2c(F)c(F)c(NN)c(F)c2oc1=O. The lowest BCUT2D eigenvalue weighted by Crippen LogP contribution is -2.17. The Morgan fingerprint density at radius 3 is 2.43 bits per heavy atom. The largest absolute Gasteiger partial charge is 0.506 e. The second kappa shape index (κ2) is 4.98. The van der Waals surface area contributed by atoms with Crippen molar-refractivity contribution in [3.05, 3.63) is 33.4 Å². The number of anilines is 1. The molecule has 7 nitrogen and oxygen atoms in total. The fourth-order valence-corrected chi connectivity index (χ4v) is 1.82. The molecule has 0 aliphatic carbocycles. The van der Waals surface area contributed by atoms with Gasteiger partial charge in [-0.1, -0.05) is 0 Å². The van der Waals surface area contributed by atoms with Crippen molar-refractivity contribution in [2.24, 2.45) is 16.8 Å². The molecular weight excluding hydrogens is 293 g/mol. The predicted octanol–water partition coefficient (Wildman–Crippen LogP) is 0.884. The fourth-order valence-electron chi connectivity index (χ4n) is 1.82. The van der Waals surface area contributed by atoms with E-state index in [-0.39, 0.29) is 5.71 Å². The molecular formula is C11H9F3N4O3. The average molecular weight is 302 g/mol. The highest BCUT2D eigenvalue weighted by atomic mass is 19.2. The molecule has 0 atom stereocenters. The van der Waals surface area contributed by atoms with Crippen LogP contribution in [-0.2, 0) is 0 Å². The molecule has 0 saturated carbocycles. The molecule has 0 unspecified atom stereocenters. The zero-order chi connectivity index (χ0) is 15.9. The van der Waals surface area contributed by atoms with Crippen molar-refractivity contribution in [3.8, 4) is 5.75 Å². The summed E-state index contributed by atoms with van der Waals surface area (Å²) in [6.07, 6.45) is 0. The second-order valence-corrected chi connectivity index (χ2v) is 3.99. The minimum atomic E-state index is -1.68. The molecule has 0 aliphatic rings. The summed E-state index contributed by atoms with van der Waals surface area (Å²) in [5, 5.41) is 12.1. The summed E-state index contributed by atoms with van der Waals surface area (Å²) in [6, 6.07) is 0. The van der Waals surface area contributed by atoms with Crippen LogP contribution in [0.4, 0.5) is 18.9 Å². The summed E-state index contributed by atoms with van der Waals surface area (Å²) in [5.41, 5.74) is -2.45. The van der Waals surface area contributed by atoms with E-state index in [9.17, 15) is 23.1 Å². The normalized spacial score (nSPS) is 12.0. The summed E-state index contributed by atoms with van der Waals surface area (Å²) in [7, 11) is 0. The molecule has 0 aliphatic heterocycles. The number of hydrazone groups is 1. The quantitative estimate of drug-likeness (QED) is 0.214. The fraction of sp³-hybridized carbons (Fsp3) is 0.0909. The van der Waals surface area contributed by atoms with Crippen LogP contribution in [0, 0.1) is 17.5 Å². The van der Waals surface area contributed by atoms with Gasteiger partial charge in [-0.2, -0.15) is 5.10 Å². The number of nitrogens with one attached hydrogen (secondary N) is 1. The van der Waals surface area contributed by atoms with Crippen molar-refractivity contribution in [1.29, 1.82) is 0 Å². The lowest BCUT2D eigenvalue weighted by molar-refractivity contribution is 0.447. The average Bonchev–Trinajstić information content (AvgIpc) is 2.44. The molecule has 21 heavy (non-hydrogen) atoms. The van der Waals surface area contributed by atoms with Crippen LogP contribution in [0.1, 0.15) is 12.5 Å². The van der Waals surface area contributed by atoms with Gasteiger partial charge in [0.05, 0.1) is 5.71 Å². The first-order chi connectivity index (χ1) is 9.84. The van der Waals surface area contributed by atoms with Gasteiger partial charge in [0.15, 0.2) is 23.0 Å². The Morgan fingerprint density at radius 1 is 1.29 bits per heavy atom. The van der Waals surface area contributed by atoms with Gasteiger partial charge < -0.3 is 20.8 Å². The second-order valence-electron chi connectivity index (χ2n) is 3.99. The van der Waals surface area contributed by atoms with Crippen LogP contribution in [0.25, 0.3) is 11.0 Å². The van der Waals surface area contributed by atoms with Crippen LogP contribution in [0.15, 0.2) is 14.3 Å². The third-order valence-corrected chi connectivity index (χ3v) is 2.85. The Labute approximate surface area is 114 Å². The predicted molar refractivity (Wildman–Crippen MR) is 68.2 cm³/mol. The van der Waals surface area contributed by atoms with Crippen LogP contribution in [0.3, 0.4) is 0 Å². The molecule has 1 heterocycles. The van der Waals surface area contributed by atoms with E-state index in [1.165, 1.54) is 6.92 Å². The van der Waals surface area contributed by atoms with Gasteiger partial charge in [0.25, 0.3) is 0 Å². The van der Waals surface area contributed by atoms with Gasteiger partial charge in [0, 0.05) is 0 Å². The highest BCUT2D eigenvalue weighted by Gasteiger charge is 2.27. The first kappa shape index (κ1) is 14.7. The number of rotatable bonds is 2. The monoisotopic (exact) mass is 302 g/mol. The number of aromatic hydroxyl groups is 1. The van der Waals surface area contributed by atoms with Crippen molar-refractivity contribution in [2.45, 2.75) is 6.92 Å². The Bertz CT molecular complexity index is 832. The molecule has 10 heteroatoms. The maximum Gasteiger partial charge on any atom is 0.349 e. The Morgan fingerprint density at radius 2 is 1.90 bits per heavy atom. The van der Waals surface area contributed by atoms with E-state index in [0.717, 1.165) is 0 Å². The minimum absolute atomic E-state index is 0.204. The molecule has 0 amide bonds. The van der Waals surface area contributed by atoms with Gasteiger partial charge in [0.2, 0.25) is 0 Å². The van der Waals surface area contributed by atoms with Crippen LogP contribution in [0.2, 0.25) is 0 Å². The van der Waals surface area contributed by atoms with Gasteiger partial charge >= 0.3 is 5.63 Å². The lowest BCUT2D eigenvalue weighted by atomic mass is 10.1. The molecule has 0 bridgehead atoms. The number of benzene rings is 1. The van der Waals surface area contributed by atoms with E-state index in [1.807, 2.05) is 0 Å². The molecule has 0 radical (unpaired) electrons. The maximum atomic E-state index is 13.9. The Kier molecular flexibility index (Phi) is 3.47. The summed E-state index contributed by atoms with van der Waals surface area (Å²) in [6.45, 7) is 1.22. The topological polar surface area (TPSA) is 127 Å². The van der Waals surface area contributed by atoms with E-state index in [4.69, 9.17) is 11.7 Å². The molecule has 6 N–H and O–H groups in total.